The molecule has 0 aromatic heterocycles. The number of carbonyl (C=O) groups is 2. The van der Waals surface area contributed by atoms with E-state index in [4.69, 9.17) is 0 Å². The molecule has 0 aliphatic rings. The van der Waals surface area contributed by atoms with Gasteiger partial charge in [-0.1, -0.05) is 42.3 Å². The van der Waals surface area contributed by atoms with Crippen molar-refractivity contribution in [2.45, 2.75) is 33.4 Å². The molecule has 0 saturated heterocycles. The molecule has 0 spiro atoms. The molecule has 2 N–H and O–H groups in total. The Morgan fingerprint density at radius 3 is 2.21 bits per heavy atom. The number of hydrogen-bond acceptors (Lipinski definition) is 2. The van der Waals surface area contributed by atoms with Crippen molar-refractivity contribution < 1.29 is 27.9 Å². The van der Waals surface area contributed by atoms with E-state index in [-0.39, 0.29) is 12.1 Å². The standard InChI is InChI=1S/C21H22F3NO3/c1-12-7-13(2)9-15(8-12)10-18(14(3)20(27)28)19(26)25-17-6-4-5-16(11-17)21(22,23)24/h4-9,11,14,18H,10H2,1-3H3,(H,25,26)(H,27,28)/t14-,18+/m1/s1. The molecular formula is C21H22F3NO3. The molecule has 4 nitrogen and oxygen atoms in total. The summed E-state index contributed by atoms with van der Waals surface area (Å²) in [4.78, 5) is 24.2. The largest absolute Gasteiger partial charge is 0.481 e. The number of anilines is 1. The van der Waals surface area contributed by atoms with Gasteiger partial charge in [-0.15, -0.1) is 0 Å². The molecule has 0 aliphatic heterocycles. The molecule has 150 valence electrons. The van der Waals surface area contributed by atoms with E-state index in [9.17, 15) is 27.9 Å². The van der Waals surface area contributed by atoms with Gasteiger partial charge in [0.25, 0.3) is 0 Å². The first-order chi connectivity index (χ1) is 13.0. The van der Waals surface area contributed by atoms with Gasteiger partial charge in [-0.05, 0) is 44.0 Å². The average molecular weight is 393 g/mol. The van der Waals surface area contributed by atoms with Gasteiger partial charge in [-0.2, -0.15) is 13.2 Å². The van der Waals surface area contributed by atoms with Crippen LogP contribution in [0.15, 0.2) is 42.5 Å². The van der Waals surface area contributed by atoms with Crippen LogP contribution in [0.3, 0.4) is 0 Å². The summed E-state index contributed by atoms with van der Waals surface area (Å²) in [5.74, 6) is -3.72. The summed E-state index contributed by atoms with van der Waals surface area (Å²) in [7, 11) is 0. The SMILES string of the molecule is Cc1cc(C)cc(C[C@H](C(=O)Nc2cccc(C(F)(F)F)c2)[C@@H](C)C(=O)O)c1. The Kier molecular flexibility index (Phi) is 6.48. The van der Waals surface area contributed by atoms with Crippen molar-refractivity contribution in [2.24, 2.45) is 11.8 Å². The van der Waals surface area contributed by atoms with E-state index in [1.54, 1.807) is 0 Å². The summed E-state index contributed by atoms with van der Waals surface area (Å²) in [6.07, 6.45) is -4.37. The van der Waals surface area contributed by atoms with E-state index in [0.717, 1.165) is 28.8 Å². The summed E-state index contributed by atoms with van der Waals surface area (Å²) in [5, 5.41) is 11.8. The first kappa shape index (κ1) is 21.5. The third kappa shape index (κ3) is 5.58. The van der Waals surface area contributed by atoms with Crippen LogP contribution >= 0.6 is 0 Å². The highest BCUT2D eigenvalue weighted by molar-refractivity contribution is 5.95. The molecule has 1 amide bonds. The number of alkyl halides is 3. The van der Waals surface area contributed by atoms with E-state index in [2.05, 4.69) is 5.32 Å². The fraction of sp³-hybridized carbons (Fsp3) is 0.333. The van der Waals surface area contributed by atoms with Crippen molar-refractivity contribution in [1.82, 2.24) is 0 Å². The van der Waals surface area contributed by atoms with Gasteiger partial charge in [-0.25, -0.2) is 0 Å². The Balaban J connectivity index is 2.28. The molecule has 2 aromatic rings. The number of aliphatic carboxylic acids is 1. The molecular weight excluding hydrogens is 371 g/mol. The minimum Gasteiger partial charge on any atom is -0.481 e. The highest BCUT2D eigenvalue weighted by atomic mass is 19.4. The predicted molar refractivity (Wildman–Crippen MR) is 100.0 cm³/mol. The van der Waals surface area contributed by atoms with Gasteiger partial charge in [0.15, 0.2) is 0 Å². The summed E-state index contributed by atoms with van der Waals surface area (Å²) in [6, 6.07) is 9.96. The number of halogens is 3. The number of carboxylic acids is 1. The first-order valence-electron chi connectivity index (χ1n) is 8.75. The van der Waals surface area contributed by atoms with Gasteiger partial charge in [0.05, 0.1) is 17.4 Å². The predicted octanol–water partition coefficient (Wildman–Crippen LogP) is 4.84. The highest BCUT2D eigenvalue weighted by Gasteiger charge is 2.32. The van der Waals surface area contributed by atoms with E-state index in [0.29, 0.717) is 0 Å². The quantitative estimate of drug-likeness (QED) is 0.738. The Bertz CT molecular complexity index is 857. The second kappa shape index (κ2) is 8.46. The van der Waals surface area contributed by atoms with Crippen LogP contribution in [0.25, 0.3) is 0 Å². The number of rotatable bonds is 6. The Labute approximate surface area is 161 Å². The van der Waals surface area contributed by atoms with Gasteiger partial charge in [-0.3, -0.25) is 9.59 Å². The van der Waals surface area contributed by atoms with Gasteiger partial charge < -0.3 is 10.4 Å². The van der Waals surface area contributed by atoms with Crippen molar-refractivity contribution >= 4 is 17.6 Å². The van der Waals surface area contributed by atoms with Crippen LogP contribution < -0.4 is 5.32 Å². The van der Waals surface area contributed by atoms with Crippen molar-refractivity contribution in [3.8, 4) is 0 Å². The van der Waals surface area contributed by atoms with Gasteiger partial charge in [0, 0.05) is 5.69 Å². The van der Waals surface area contributed by atoms with Crippen LogP contribution in [-0.2, 0) is 22.2 Å². The van der Waals surface area contributed by atoms with Gasteiger partial charge in [0.1, 0.15) is 0 Å². The zero-order chi connectivity index (χ0) is 21.1. The van der Waals surface area contributed by atoms with Gasteiger partial charge >= 0.3 is 12.1 Å². The zero-order valence-electron chi connectivity index (χ0n) is 15.8. The number of amides is 1. The number of carbonyl (C=O) groups excluding carboxylic acids is 1. The minimum atomic E-state index is -4.53. The highest BCUT2D eigenvalue weighted by Crippen LogP contribution is 2.31. The van der Waals surface area contributed by atoms with E-state index in [1.165, 1.54) is 19.1 Å². The molecule has 7 heteroatoms. The van der Waals surface area contributed by atoms with Crippen LogP contribution in [0, 0.1) is 25.7 Å². The Hall–Kier alpha value is -2.83. The third-order valence-corrected chi connectivity index (χ3v) is 4.52. The van der Waals surface area contributed by atoms with Gasteiger partial charge in [0.2, 0.25) is 5.91 Å². The fourth-order valence-corrected chi connectivity index (χ4v) is 3.12. The topological polar surface area (TPSA) is 66.4 Å². The van der Waals surface area contributed by atoms with E-state index in [1.807, 2.05) is 32.0 Å². The summed E-state index contributed by atoms with van der Waals surface area (Å²) >= 11 is 0. The Morgan fingerprint density at radius 1 is 1.07 bits per heavy atom. The molecule has 28 heavy (non-hydrogen) atoms. The van der Waals surface area contributed by atoms with Crippen LogP contribution in [0.5, 0.6) is 0 Å². The molecule has 0 bridgehead atoms. The summed E-state index contributed by atoms with van der Waals surface area (Å²) in [6.45, 7) is 5.21. The lowest BCUT2D eigenvalue weighted by Gasteiger charge is -2.21. The van der Waals surface area contributed by atoms with Crippen molar-refractivity contribution in [1.29, 1.82) is 0 Å². The minimum absolute atomic E-state index is 0.0252. The molecule has 0 saturated carbocycles. The van der Waals surface area contributed by atoms with Crippen LogP contribution in [0.1, 0.15) is 29.2 Å². The van der Waals surface area contributed by atoms with Crippen molar-refractivity contribution in [3.05, 3.63) is 64.7 Å². The molecule has 0 fully saturated rings. The van der Waals surface area contributed by atoms with Crippen molar-refractivity contribution in [2.75, 3.05) is 5.32 Å². The summed E-state index contributed by atoms with van der Waals surface area (Å²) in [5.41, 5.74) is 1.85. The number of nitrogens with one attached hydrogen (secondary N) is 1. The lowest BCUT2D eigenvalue weighted by atomic mass is 9.86. The number of benzene rings is 2. The maximum absolute atomic E-state index is 12.9. The zero-order valence-corrected chi connectivity index (χ0v) is 15.8. The summed E-state index contributed by atoms with van der Waals surface area (Å²) < 4.78 is 38.6. The maximum Gasteiger partial charge on any atom is 0.416 e. The number of aryl methyl sites for hydroxylation is 2. The molecule has 0 aliphatic carbocycles. The number of hydrogen-bond donors (Lipinski definition) is 2. The van der Waals surface area contributed by atoms with Crippen LogP contribution in [0.2, 0.25) is 0 Å². The smallest absolute Gasteiger partial charge is 0.416 e. The van der Waals surface area contributed by atoms with Crippen LogP contribution in [-0.4, -0.2) is 17.0 Å². The molecule has 2 atom stereocenters. The normalized spacial score (nSPS) is 13.6. The molecule has 0 unspecified atom stereocenters. The number of carboxylic acid groups (broad SMARTS) is 1. The first-order valence-corrected chi connectivity index (χ1v) is 8.75. The lowest BCUT2D eigenvalue weighted by molar-refractivity contribution is -0.145. The third-order valence-electron chi connectivity index (χ3n) is 4.52. The lowest BCUT2D eigenvalue weighted by Crippen LogP contribution is -2.34. The van der Waals surface area contributed by atoms with E-state index < -0.39 is 35.5 Å². The molecule has 0 heterocycles. The Morgan fingerprint density at radius 2 is 1.68 bits per heavy atom. The molecule has 2 rings (SSSR count). The maximum atomic E-state index is 12.9. The molecule has 2 aromatic carbocycles. The van der Waals surface area contributed by atoms with E-state index >= 15 is 0 Å². The second-order valence-corrected chi connectivity index (χ2v) is 7.00. The second-order valence-electron chi connectivity index (χ2n) is 7.00. The van der Waals surface area contributed by atoms with Crippen molar-refractivity contribution in [3.63, 3.8) is 0 Å². The molecule has 0 radical (unpaired) electrons. The monoisotopic (exact) mass is 393 g/mol. The average Bonchev–Trinajstić information content (AvgIpc) is 2.57. The fourth-order valence-electron chi connectivity index (χ4n) is 3.12. The van der Waals surface area contributed by atoms with Crippen LogP contribution in [0.4, 0.5) is 18.9 Å².